The van der Waals surface area contributed by atoms with Crippen molar-refractivity contribution in [1.82, 2.24) is 9.88 Å². The predicted octanol–water partition coefficient (Wildman–Crippen LogP) is 2.98. The van der Waals surface area contributed by atoms with Gasteiger partial charge in [-0.05, 0) is 30.0 Å². The normalized spacial score (nSPS) is 10.8. The van der Waals surface area contributed by atoms with Crippen LogP contribution >= 0.6 is 11.8 Å². The highest BCUT2D eigenvalue weighted by Gasteiger charge is 2.17. The first-order chi connectivity index (χ1) is 11.6. The summed E-state index contributed by atoms with van der Waals surface area (Å²) >= 11 is 1.47. The number of ether oxygens (including phenoxy) is 1. The molecule has 0 radical (unpaired) electrons. The Morgan fingerprint density at radius 3 is 2.92 bits per heavy atom. The Morgan fingerprint density at radius 1 is 1.46 bits per heavy atom. The van der Waals surface area contributed by atoms with Gasteiger partial charge in [-0.25, -0.2) is 4.99 Å². The molecular formula is C17H20N4O2S. The van der Waals surface area contributed by atoms with E-state index in [2.05, 4.69) is 10.3 Å². The maximum atomic E-state index is 12.5. The lowest BCUT2D eigenvalue weighted by molar-refractivity contribution is 0.0942. The maximum absolute atomic E-state index is 12.5. The fourth-order valence-corrected chi connectivity index (χ4v) is 2.50. The molecule has 2 rings (SSSR count). The Balaban J connectivity index is 2.18. The highest BCUT2D eigenvalue weighted by molar-refractivity contribution is 8.11. The number of thioether (sulfide) groups is 1. The van der Waals surface area contributed by atoms with Crippen molar-refractivity contribution in [3.8, 4) is 5.75 Å². The van der Waals surface area contributed by atoms with Gasteiger partial charge in [-0.2, -0.15) is 0 Å². The average Bonchev–Trinajstić information content (AvgIpc) is 2.93. The summed E-state index contributed by atoms with van der Waals surface area (Å²) in [6.07, 6.45) is 3.07. The van der Waals surface area contributed by atoms with Crippen molar-refractivity contribution in [3.63, 3.8) is 0 Å². The van der Waals surface area contributed by atoms with Crippen LogP contribution in [0.3, 0.4) is 0 Å². The number of carbonyl (C=O) groups is 1. The number of rotatable bonds is 7. The Bertz CT molecular complexity index is 768. The minimum absolute atomic E-state index is 0.246. The van der Waals surface area contributed by atoms with Gasteiger partial charge in [-0.15, -0.1) is 11.8 Å². The van der Waals surface area contributed by atoms with Crippen LogP contribution in [0.4, 0.5) is 5.82 Å². The first-order valence-electron chi connectivity index (χ1n) is 7.27. The number of benzene rings is 1. The van der Waals surface area contributed by atoms with Crippen molar-refractivity contribution in [2.24, 2.45) is 12.0 Å². The monoisotopic (exact) mass is 344 g/mol. The first kappa shape index (κ1) is 17.8. The summed E-state index contributed by atoms with van der Waals surface area (Å²) in [5, 5.41) is 10.4. The van der Waals surface area contributed by atoms with Crippen molar-refractivity contribution < 1.29 is 9.53 Å². The third kappa shape index (κ3) is 4.05. The Morgan fingerprint density at radius 2 is 2.25 bits per heavy atom. The van der Waals surface area contributed by atoms with Gasteiger partial charge in [0.05, 0.1) is 12.7 Å². The van der Waals surface area contributed by atoms with Gasteiger partial charge < -0.3 is 20.0 Å². The van der Waals surface area contributed by atoms with Gasteiger partial charge in [0.15, 0.2) is 0 Å². The van der Waals surface area contributed by atoms with E-state index in [0.29, 0.717) is 23.6 Å². The van der Waals surface area contributed by atoms with Crippen LogP contribution in [-0.2, 0) is 13.6 Å². The lowest BCUT2D eigenvalue weighted by Gasteiger charge is -2.09. The second-order valence-electron chi connectivity index (χ2n) is 5.01. The number of amides is 1. The second-order valence-corrected chi connectivity index (χ2v) is 5.70. The van der Waals surface area contributed by atoms with Crippen LogP contribution in [0.2, 0.25) is 0 Å². The van der Waals surface area contributed by atoms with Crippen molar-refractivity contribution in [1.29, 1.82) is 5.41 Å². The number of nitrogens with one attached hydrogen (secondary N) is 2. The highest BCUT2D eigenvalue weighted by Crippen LogP contribution is 2.21. The van der Waals surface area contributed by atoms with Crippen LogP contribution in [0.5, 0.6) is 5.75 Å². The van der Waals surface area contributed by atoms with E-state index in [0.717, 1.165) is 11.3 Å². The Labute approximate surface area is 145 Å². The third-order valence-electron chi connectivity index (χ3n) is 3.49. The molecule has 1 aromatic carbocycles. The van der Waals surface area contributed by atoms with E-state index in [-0.39, 0.29) is 5.91 Å². The molecule has 2 aromatic rings. The molecule has 0 aliphatic rings. The molecule has 6 nitrogen and oxygen atoms in total. The summed E-state index contributed by atoms with van der Waals surface area (Å²) in [7, 11) is 3.37. The number of carbonyl (C=O) groups excluding carboxylic acids is 1. The molecule has 0 atom stereocenters. The van der Waals surface area contributed by atoms with Gasteiger partial charge in [0.25, 0.3) is 5.91 Å². The minimum atomic E-state index is -0.246. The first-order valence-corrected chi connectivity index (χ1v) is 8.56. The quantitative estimate of drug-likeness (QED) is 0.598. The summed E-state index contributed by atoms with van der Waals surface area (Å²) in [4.78, 5) is 16.8. The molecule has 0 saturated heterocycles. The molecule has 0 aliphatic heterocycles. The second kappa shape index (κ2) is 8.35. The van der Waals surface area contributed by atoms with Crippen molar-refractivity contribution in [2.45, 2.75) is 6.54 Å². The molecule has 0 fully saturated rings. The molecule has 7 heteroatoms. The average molecular weight is 344 g/mol. The van der Waals surface area contributed by atoms with Crippen LogP contribution < -0.4 is 10.1 Å². The molecule has 0 saturated carbocycles. The van der Waals surface area contributed by atoms with E-state index >= 15 is 0 Å². The Kier molecular flexibility index (Phi) is 6.20. The van der Waals surface area contributed by atoms with E-state index in [1.807, 2.05) is 30.5 Å². The number of hydrogen-bond donors (Lipinski definition) is 2. The predicted molar refractivity (Wildman–Crippen MR) is 99.1 cm³/mol. The van der Waals surface area contributed by atoms with E-state index in [4.69, 9.17) is 10.1 Å². The number of hydrogen-bond acceptors (Lipinski definition) is 5. The van der Waals surface area contributed by atoms with Crippen LogP contribution in [-0.4, -0.2) is 35.6 Å². The highest BCUT2D eigenvalue weighted by atomic mass is 32.2. The van der Waals surface area contributed by atoms with E-state index in [9.17, 15) is 4.79 Å². The summed E-state index contributed by atoms with van der Waals surface area (Å²) in [5.41, 5.74) is 3.59. The van der Waals surface area contributed by atoms with E-state index in [1.54, 1.807) is 30.3 Å². The van der Waals surface area contributed by atoms with Gasteiger partial charge >= 0.3 is 0 Å². The smallest absolute Gasteiger partial charge is 0.268 e. The van der Waals surface area contributed by atoms with Crippen molar-refractivity contribution >= 4 is 35.2 Å². The molecule has 126 valence electrons. The van der Waals surface area contributed by atoms with Crippen LogP contribution in [0.25, 0.3) is 0 Å². The Hall–Kier alpha value is -2.54. The summed E-state index contributed by atoms with van der Waals surface area (Å²) in [6.45, 7) is 0.377. The SMILES string of the molecule is COc1cccc(CNC(=O)c2c(C=N)cc(/N=C\SC)n2C)c1. The number of nitrogens with zero attached hydrogens (tertiary/aromatic N) is 2. The van der Waals surface area contributed by atoms with Crippen molar-refractivity contribution in [2.75, 3.05) is 13.4 Å². The number of aromatic nitrogens is 1. The summed E-state index contributed by atoms with van der Waals surface area (Å²) in [6, 6.07) is 9.24. The number of methoxy groups -OCH3 is 1. The van der Waals surface area contributed by atoms with E-state index < -0.39 is 0 Å². The van der Waals surface area contributed by atoms with E-state index in [1.165, 1.54) is 18.0 Å². The minimum Gasteiger partial charge on any atom is -0.497 e. The van der Waals surface area contributed by atoms with Crippen molar-refractivity contribution in [3.05, 3.63) is 47.2 Å². The molecular weight excluding hydrogens is 324 g/mol. The summed E-state index contributed by atoms with van der Waals surface area (Å²) in [5.74, 6) is 1.13. The van der Waals surface area contributed by atoms with Crippen LogP contribution in [0.15, 0.2) is 35.3 Å². The fraction of sp³-hybridized carbons (Fsp3) is 0.235. The van der Waals surface area contributed by atoms with Gasteiger partial charge in [0.2, 0.25) is 0 Å². The van der Waals surface area contributed by atoms with Gasteiger partial charge in [-0.3, -0.25) is 4.79 Å². The van der Waals surface area contributed by atoms with Gasteiger partial charge in [0, 0.05) is 25.4 Å². The van der Waals surface area contributed by atoms with Crippen LogP contribution in [0.1, 0.15) is 21.6 Å². The molecule has 1 aromatic heterocycles. The lowest BCUT2D eigenvalue weighted by atomic mass is 10.2. The molecule has 0 spiro atoms. The zero-order valence-electron chi connectivity index (χ0n) is 13.9. The molecule has 0 unspecified atom stereocenters. The maximum Gasteiger partial charge on any atom is 0.268 e. The molecule has 0 bridgehead atoms. The molecule has 1 amide bonds. The summed E-state index contributed by atoms with van der Waals surface area (Å²) < 4.78 is 6.87. The lowest BCUT2D eigenvalue weighted by Crippen LogP contribution is -2.26. The number of aliphatic imine (C=N–C) groups is 1. The molecule has 1 heterocycles. The largest absolute Gasteiger partial charge is 0.497 e. The zero-order chi connectivity index (χ0) is 17.5. The molecule has 24 heavy (non-hydrogen) atoms. The van der Waals surface area contributed by atoms with Crippen LogP contribution in [0, 0.1) is 5.41 Å². The molecule has 0 aliphatic carbocycles. The third-order valence-corrected chi connectivity index (χ3v) is 3.80. The van der Waals surface area contributed by atoms with Gasteiger partial charge in [-0.1, -0.05) is 12.1 Å². The molecule has 2 N–H and O–H groups in total. The fourth-order valence-electron chi connectivity index (χ4n) is 2.28. The van der Waals surface area contributed by atoms with Gasteiger partial charge in [0.1, 0.15) is 17.3 Å². The zero-order valence-corrected chi connectivity index (χ0v) is 14.7. The standard InChI is InChI=1S/C17H20N4O2S/c1-21-15(20-11-24-3)8-13(9-18)16(21)17(22)19-10-12-5-4-6-14(7-12)23-2/h4-9,11,18H,10H2,1-3H3,(H,19,22)/b18-9?,20-11-. The topological polar surface area (TPSA) is 79.5 Å².